The lowest BCUT2D eigenvalue weighted by Crippen LogP contribution is -2.12. The van der Waals surface area contributed by atoms with E-state index in [1.165, 1.54) is 25.0 Å². The molecule has 0 saturated heterocycles. The molecule has 1 aliphatic heterocycles. The third-order valence-corrected chi connectivity index (χ3v) is 3.42. The van der Waals surface area contributed by atoms with Gasteiger partial charge in [0.15, 0.2) is 0 Å². The van der Waals surface area contributed by atoms with Crippen LogP contribution in [-0.4, -0.2) is 9.55 Å². The molecule has 3 rings (SSSR count). The van der Waals surface area contributed by atoms with E-state index in [0.29, 0.717) is 5.92 Å². The van der Waals surface area contributed by atoms with Gasteiger partial charge in [-0.1, -0.05) is 6.92 Å². The summed E-state index contributed by atoms with van der Waals surface area (Å²) in [5, 5.41) is 0. The molecule has 17 heavy (non-hydrogen) atoms. The van der Waals surface area contributed by atoms with Crippen LogP contribution < -0.4 is 0 Å². The van der Waals surface area contributed by atoms with Crippen molar-refractivity contribution in [2.24, 2.45) is 0 Å². The fraction of sp³-hybridized carbons (Fsp3) is 0.357. The molecule has 0 amide bonds. The monoisotopic (exact) mass is 230 g/mol. The van der Waals surface area contributed by atoms with Gasteiger partial charge in [0.1, 0.15) is 11.6 Å². The van der Waals surface area contributed by atoms with Crippen molar-refractivity contribution >= 4 is 0 Å². The van der Waals surface area contributed by atoms with E-state index in [0.717, 1.165) is 23.6 Å². The van der Waals surface area contributed by atoms with Crippen LogP contribution in [0.5, 0.6) is 0 Å². The van der Waals surface area contributed by atoms with Crippen LogP contribution in [0.3, 0.4) is 0 Å². The smallest absolute Gasteiger partial charge is 0.123 e. The summed E-state index contributed by atoms with van der Waals surface area (Å²) in [5.74, 6) is 1.49. The van der Waals surface area contributed by atoms with Crippen LogP contribution >= 0.6 is 0 Å². The van der Waals surface area contributed by atoms with Crippen LogP contribution in [0.25, 0.3) is 11.3 Å². The maximum absolute atomic E-state index is 12.9. The van der Waals surface area contributed by atoms with Crippen molar-refractivity contribution in [2.75, 3.05) is 0 Å². The van der Waals surface area contributed by atoms with Crippen molar-refractivity contribution in [1.29, 1.82) is 0 Å². The molecule has 0 spiro atoms. The van der Waals surface area contributed by atoms with E-state index < -0.39 is 0 Å². The topological polar surface area (TPSA) is 17.8 Å². The number of benzene rings is 1. The lowest BCUT2D eigenvalue weighted by Gasteiger charge is -2.19. The molecule has 3 heteroatoms. The Morgan fingerprint density at radius 2 is 2.06 bits per heavy atom. The van der Waals surface area contributed by atoms with Crippen molar-refractivity contribution in [3.05, 3.63) is 42.1 Å². The summed E-state index contributed by atoms with van der Waals surface area (Å²) in [6, 6.07) is 6.54. The summed E-state index contributed by atoms with van der Waals surface area (Å²) in [4.78, 5) is 4.67. The summed E-state index contributed by atoms with van der Waals surface area (Å²) >= 11 is 0. The zero-order valence-electron chi connectivity index (χ0n) is 9.86. The molecule has 0 bridgehead atoms. The average molecular weight is 230 g/mol. The van der Waals surface area contributed by atoms with Crippen LogP contribution in [-0.2, 0) is 6.54 Å². The fourth-order valence-corrected chi connectivity index (χ4v) is 2.46. The van der Waals surface area contributed by atoms with Gasteiger partial charge in [0.05, 0.1) is 5.69 Å². The van der Waals surface area contributed by atoms with Gasteiger partial charge in [-0.3, -0.25) is 0 Å². The highest BCUT2D eigenvalue weighted by atomic mass is 19.1. The van der Waals surface area contributed by atoms with Gasteiger partial charge in [0.25, 0.3) is 0 Å². The molecule has 0 unspecified atom stereocenters. The molecule has 0 N–H and O–H groups in total. The molecule has 0 saturated carbocycles. The molecule has 2 aromatic rings. The number of aryl methyl sites for hydroxylation is 1. The second-order valence-electron chi connectivity index (χ2n) is 4.73. The number of hydrogen-bond acceptors (Lipinski definition) is 1. The standard InChI is InChI=1S/C14H15FN2/c1-10-3-2-8-17-9-13(16-14(10)17)11-4-6-12(15)7-5-11/h4-7,9-10H,2-3,8H2,1H3/t10-/m0/s1. The average Bonchev–Trinajstić information content (AvgIpc) is 2.75. The largest absolute Gasteiger partial charge is 0.334 e. The summed E-state index contributed by atoms with van der Waals surface area (Å²) in [5.41, 5.74) is 1.94. The van der Waals surface area contributed by atoms with Crippen molar-refractivity contribution in [3.8, 4) is 11.3 Å². The summed E-state index contributed by atoms with van der Waals surface area (Å²) < 4.78 is 15.1. The van der Waals surface area contributed by atoms with E-state index in [1.807, 2.05) is 0 Å². The predicted molar refractivity (Wildman–Crippen MR) is 65.3 cm³/mol. The first-order valence-corrected chi connectivity index (χ1v) is 6.07. The molecule has 0 radical (unpaired) electrons. The van der Waals surface area contributed by atoms with Crippen LogP contribution in [0.2, 0.25) is 0 Å². The minimum Gasteiger partial charge on any atom is -0.334 e. The third kappa shape index (κ3) is 1.86. The molecule has 0 fully saturated rings. The van der Waals surface area contributed by atoms with E-state index in [-0.39, 0.29) is 5.82 Å². The minimum absolute atomic E-state index is 0.203. The van der Waals surface area contributed by atoms with E-state index in [4.69, 9.17) is 0 Å². The van der Waals surface area contributed by atoms with Crippen LogP contribution in [0.15, 0.2) is 30.5 Å². The Labute approximate surface area is 100 Å². The number of nitrogens with zero attached hydrogens (tertiary/aromatic N) is 2. The molecule has 2 heterocycles. The van der Waals surface area contributed by atoms with Crippen LogP contribution in [0.1, 0.15) is 31.5 Å². The summed E-state index contributed by atoms with van der Waals surface area (Å²) in [7, 11) is 0. The number of hydrogen-bond donors (Lipinski definition) is 0. The Morgan fingerprint density at radius 1 is 1.29 bits per heavy atom. The number of fused-ring (bicyclic) bond motifs is 1. The molecule has 2 nitrogen and oxygen atoms in total. The second kappa shape index (κ2) is 3.99. The van der Waals surface area contributed by atoms with E-state index in [2.05, 4.69) is 22.7 Å². The van der Waals surface area contributed by atoms with Crippen LogP contribution in [0, 0.1) is 5.82 Å². The van der Waals surface area contributed by atoms with Gasteiger partial charge in [0.2, 0.25) is 0 Å². The van der Waals surface area contributed by atoms with E-state index >= 15 is 0 Å². The van der Waals surface area contributed by atoms with Crippen molar-refractivity contribution in [2.45, 2.75) is 32.2 Å². The zero-order valence-corrected chi connectivity index (χ0v) is 9.86. The van der Waals surface area contributed by atoms with E-state index in [1.54, 1.807) is 12.1 Å². The summed E-state index contributed by atoms with van der Waals surface area (Å²) in [6.07, 6.45) is 4.51. The van der Waals surface area contributed by atoms with Gasteiger partial charge < -0.3 is 4.57 Å². The quantitative estimate of drug-likeness (QED) is 0.732. The lowest BCUT2D eigenvalue weighted by molar-refractivity contribution is 0.463. The summed E-state index contributed by atoms with van der Waals surface area (Å²) in [6.45, 7) is 3.26. The highest BCUT2D eigenvalue weighted by Gasteiger charge is 2.19. The maximum Gasteiger partial charge on any atom is 0.123 e. The highest BCUT2D eigenvalue weighted by molar-refractivity contribution is 5.58. The molecule has 1 aromatic heterocycles. The maximum atomic E-state index is 12.9. The second-order valence-corrected chi connectivity index (χ2v) is 4.73. The van der Waals surface area contributed by atoms with Crippen molar-refractivity contribution in [1.82, 2.24) is 9.55 Å². The molecule has 0 aliphatic carbocycles. The first-order chi connectivity index (χ1) is 8.24. The van der Waals surface area contributed by atoms with Crippen molar-refractivity contribution in [3.63, 3.8) is 0 Å². The number of aromatic nitrogens is 2. The SMILES string of the molecule is C[C@H]1CCCn2cc(-c3ccc(F)cc3)nc21. The van der Waals surface area contributed by atoms with Gasteiger partial charge in [-0.25, -0.2) is 9.37 Å². The Balaban J connectivity index is 2.02. The first kappa shape index (κ1) is 10.5. The fourth-order valence-electron chi connectivity index (χ4n) is 2.46. The number of halogens is 1. The van der Waals surface area contributed by atoms with Gasteiger partial charge in [0, 0.05) is 24.2 Å². The van der Waals surface area contributed by atoms with Gasteiger partial charge in [-0.15, -0.1) is 0 Å². The number of imidazole rings is 1. The van der Waals surface area contributed by atoms with Gasteiger partial charge in [-0.2, -0.15) is 0 Å². The first-order valence-electron chi connectivity index (χ1n) is 6.07. The van der Waals surface area contributed by atoms with Gasteiger partial charge >= 0.3 is 0 Å². The Hall–Kier alpha value is -1.64. The normalized spacial score (nSPS) is 19.1. The molecular weight excluding hydrogens is 215 g/mol. The highest BCUT2D eigenvalue weighted by Crippen LogP contribution is 2.29. The number of rotatable bonds is 1. The predicted octanol–water partition coefficient (Wildman–Crippen LogP) is 3.59. The van der Waals surface area contributed by atoms with Gasteiger partial charge in [-0.05, 0) is 37.1 Å². The Kier molecular flexibility index (Phi) is 2.46. The molecule has 1 aromatic carbocycles. The Bertz CT molecular complexity index is 528. The third-order valence-electron chi connectivity index (χ3n) is 3.42. The van der Waals surface area contributed by atoms with Crippen LogP contribution in [0.4, 0.5) is 4.39 Å². The molecule has 1 atom stereocenters. The minimum atomic E-state index is -0.203. The zero-order chi connectivity index (χ0) is 11.8. The molecule has 1 aliphatic rings. The molecule has 88 valence electrons. The van der Waals surface area contributed by atoms with Crippen molar-refractivity contribution < 1.29 is 4.39 Å². The molecular formula is C14H15FN2. The Morgan fingerprint density at radius 3 is 2.76 bits per heavy atom. The lowest BCUT2D eigenvalue weighted by atomic mass is 10.0. The van der Waals surface area contributed by atoms with E-state index in [9.17, 15) is 4.39 Å².